The van der Waals surface area contributed by atoms with Crippen LogP contribution in [0.2, 0.25) is 0 Å². The highest BCUT2D eigenvalue weighted by molar-refractivity contribution is 6.05. The lowest BCUT2D eigenvalue weighted by atomic mass is 10.0. The molecule has 0 bridgehead atoms. The number of nitrogens with zero attached hydrogens (tertiary/aromatic N) is 2. The van der Waals surface area contributed by atoms with Crippen molar-refractivity contribution in [3.8, 4) is 22.7 Å². The molecular weight excluding hydrogens is 454 g/mol. The SMILES string of the molecule is COc1cccc(C(=O)N(CC(=O)c2c(-c3ccccc3)[nH]n(-c3ccccc3)c2=O)CC(C)C)c1. The van der Waals surface area contributed by atoms with E-state index in [1.807, 2.05) is 62.4 Å². The number of Topliss-reactive ketones (excluding diaryl/α,β-unsaturated/α-hetero) is 1. The highest BCUT2D eigenvalue weighted by atomic mass is 16.5. The summed E-state index contributed by atoms with van der Waals surface area (Å²) in [6, 6.07) is 25.2. The Bertz CT molecular complexity index is 1410. The van der Waals surface area contributed by atoms with Gasteiger partial charge in [0.05, 0.1) is 25.0 Å². The summed E-state index contributed by atoms with van der Waals surface area (Å²) in [4.78, 5) is 42.1. The Morgan fingerprint density at radius 1 is 0.944 bits per heavy atom. The molecule has 0 radical (unpaired) electrons. The third kappa shape index (κ3) is 5.30. The fourth-order valence-corrected chi connectivity index (χ4v) is 4.12. The monoisotopic (exact) mass is 483 g/mol. The summed E-state index contributed by atoms with van der Waals surface area (Å²) in [7, 11) is 1.54. The number of carbonyl (C=O) groups is 2. The average Bonchev–Trinajstić information content (AvgIpc) is 3.25. The van der Waals surface area contributed by atoms with E-state index in [1.165, 1.54) is 16.7 Å². The highest BCUT2D eigenvalue weighted by Crippen LogP contribution is 2.22. The Morgan fingerprint density at radius 3 is 2.25 bits per heavy atom. The maximum atomic E-state index is 13.7. The van der Waals surface area contributed by atoms with Gasteiger partial charge in [0.2, 0.25) is 0 Å². The summed E-state index contributed by atoms with van der Waals surface area (Å²) in [5.41, 5.74) is 1.74. The quantitative estimate of drug-likeness (QED) is 0.346. The zero-order chi connectivity index (χ0) is 25.7. The minimum atomic E-state index is -0.455. The molecule has 0 aliphatic carbocycles. The summed E-state index contributed by atoms with van der Waals surface area (Å²) in [5, 5.41) is 3.12. The minimum absolute atomic E-state index is 0.0252. The number of nitrogens with one attached hydrogen (secondary N) is 1. The molecule has 0 aliphatic rings. The van der Waals surface area contributed by atoms with E-state index in [0.717, 1.165) is 0 Å². The highest BCUT2D eigenvalue weighted by Gasteiger charge is 2.27. The van der Waals surface area contributed by atoms with Gasteiger partial charge in [0, 0.05) is 17.7 Å². The van der Waals surface area contributed by atoms with Crippen LogP contribution in [0.4, 0.5) is 0 Å². The molecule has 0 spiro atoms. The van der Waals surface area contributed by atoms with Crippen LogP contribution in [0.15, 0.2) is 89.7 Å². The van der Waals surface area contributed by atoms with Crippen molar-refractivity contribution in [2.24, 2.45) is 5.92 Å². The second-order valence-corrected chi connectivity index (χ2v) is 8.94. The predicted molar refractivity (Wildman–Crippen MR) is 140 cm³/mol. The second-order valence-electron chi connectivity index (χ2n) is 8.94. The van der Waals surface area contributed by atoms with Crippen molar-refractivity contribution >= 4 is 11.7 Å². The van der Waals surface area contributed by atoms with Crippen molar-refractivity contribution in [2.45, 2.75) is 13.8 Å². The van der Waals surface area contributed by atoms with Crippen molar-refractivity contribution in [2.75, 3.05) is 20.2 Å². The van der Waals surface area contributed by atoms with Crippen molar-refractivity contribution in [1.82, 2.24) is 14.7 Å². The van der Waals surface area contributed by atoms with Crippen LogP contribution >= 0.6 is 0 Å². The van der Waals surface area contributed by atoms with Crippen molar-refractivity contribution < 1.29 is 14.3 Å². The lowest BCUT2D eigenvalue weighted by Crippen LogP contribution is -2.39. The molecule has 36 heavy (non-hydrogen) atoms. The summed E-state index contributed by atoms with van der Waals surface area (Å²) in [6.07, 6.45) is 0. The van der Waals surface area contributed by atoms with Gasteiger partial charge in [-0.2, -0.15) is 0 Å². The molecule has 4 rings (SSSR count). The number of rotatable bonds is 9. The molecule has 0 aliphatic heterocycles. The first-order valence-electron chi connectivity index (χ1n) is 11.8. The third-order valence-electron chi connectivity index (χ3n) is 5.77. The molecule has 0 saturated carbocycles. The Hall–Kier alpha value is -4.39. The first-order chi connectivity index (χ1) is 17.4. The van der Waals surface area contributed by atoms with Crippen LogP contribution in [0.3, 0.4) is 0 Å². The van der Waals surface area contributed by atoms with E-state index in [0.29, 0.717) is 34.8 Å². The van der Waals surface area contributed by atoms with Gasteiger partial charge < -0.3 is 9.64 Å². The van der Waals surface area contributed by atoms with E-state index < -0.39 is 11.3 Å². The van der Waals surface area contributed by atoms with E-state index in [4.69, 9.17) is 4.74 Å². The molecule has 7 heteroatoms. The van der Waals surface area contributed by atoms with Crippen LogP contribution in [0.1, 0.15) is 34.6 Å². The maximum Gasteiger partial charge on any atom is 0.282 e. The van der Waals surface area contributed by atoms with Gasteiger partial charge in [-0.15, -0.1) is 0 Å². The maximum absolute atomic E-state index is 13.7. The summed E-state index contributed by atoms with van der Waals surface area (Å²) >= 11 is 0. The van der Waals surface area contributed by atoms with E-state index in [9.17, 15) is 14.4 Å². The Morgan fingerprint density at radius 2 is 1.61 bits per heavy atom. The fraction of sp³-hybridized carbons (Fsp3) is 0.207. The van der Waals surface area contributed by atoms with Crippen LogP contribution in [0.25, 0.3) is 16.9 Å². The first kappa shape index (κ1) is 24.7. The number of aromatic amines is 1. The number of methoxy groups -OCH3 is 1. The normalized spacial score (nSPS) is 10.9. The average molecular weight is 484 g/mol. The Labute approximate surface area is 209 Å². The van der Waals surface area contributed by atoms with Gasteiger partial charge in [0.15, 0.2) is 5.78 Å². The summed E-state index contributed by atoms with van der Waals surface area (Å²) in [5.74, 6) is -0.0506. The van der Waals surface area contributed by atoms with Crippen molar-refractivity contribution in [1.29, 1.82) is 0 Å². The number of benzene rings is 3. The topological polar surface area (TPSA) is 84.4 Å². The zero-order valence-electron chi connectivity index (χ0n) is 20.6. The number of ether oxygens (including phenoxy) is 1. The molecular formula is C29H29N3O4. The molecule has 0 fully saturated rings. The molecule has 184 valence electrons. The zero-order valence-corrected chi connectivity index (χ0v) is 20.6. The predicted octanol–water partition coefficient (Wildman–Crippen LogP) is 4.82. The molecule has 1 N–H and O–H groups in total. The fourth-order valence-electron chi connectivity index (χ4n) is 4.12. The Balaban J connectivity index is 1.75. The van der Waals surface area contributed by atoms with E-state index in [2.05, 4.69) is 5.10 Å². The number of carbonyl (C=O) groups excluding carboxylic acids is 2. The standard InChI is InChI=1S/C29H29N3O4/c1-20(2)18-31(28(34)22-13-10-16-24(17-22)36-3)19-25(33)26-27(21-11-6-4-7-12-21)30-32(29(26)35)23-14-8-5-9-15-23/h4-17,20,30H,18-19H2,1-3H3. The van der Waals surface area contributed by atoms with Crippen LogP contribution in [-0.4, -0.2) is 46.6 Å². The molecule has 1 heterocycles. The van der Waals surface area contributed by atoms with Gasteiger partial charge in [0.25, 0.3) is 11.5 Å². The van der Waals surface area contributed by atoms with E-state index in [-0.39, 0.29) is 23.9 Å². The van der Waals surface area contributed by atoms with Crippen molar-refractivity contribution in [3.63, 3.8) is 0 Å². The number of aromatic nitrogens is 2. The van der Waals surface area contributed by atoms with Crippen LogP contribution < -0.4 is 10.3 Å². The molecule has 1 amide bonds. The number of hydrogen-bond acceptors (Lipinski definition) is 4. The van der Waals surface area contributed by atoms with Gasteiger partial charge in [-0.3, -0.25) is 19.5 Å². The molecule has 0 unspecified atom stereocenters. The van der Waals surface area contributed by atoms with E-state index in [1.54, 1.807) is 36.4 Å². The smallest absolute Gasteiger partial charge is 0.282 e. The Kier molecular flexibility index (Phi) is 7.49. The van der Waals surface area contributed by atoms with Gasteiger partial charge in [-0.25, -0.2) is 4.68 Å². The lowest BCUT2D eigenvalue weighted by Gasteiger charge is -2.24. The molecule has 3 aromatic carbocycles. The number of amides is 1. The summed E-state index contributed by atoms with van der Waals surface area (Å²) in [6.45, 7) is 4.09. The van der Waals surface area contributed by atoms with Crippen molar-refractivity contribution in [3.05, 3.63) is 106 Å². The largest absolute Gasteiger partial charge is 0.497 e. The summed E-state index contributed by atoms with van der Waals surface area (Å²) < 4.78 is 6.62. The number of hydrogen-bond donors (Lipinski definition) is 1. The van der Waals surface area contributed by atoms with Gasteiger partial charge in [-0.1, -0.05) is 68.4 Å². The number of para-hydroxylation sites is 1. The van der Waals surface area contributed by atoms with Crippen LogP contribution in [0, 0.1) is 5.92 Å². The first-order valence-corrected chi connectivity index (χ1v) is 11.8. The number of ketones is 1. The van der Waals surface area contributed by atoms with Gasteiger partial charge in [-0.05, 0) is 36.2 Å². The van der Waals surface area contributed by atoms with Crippen LogP contribution in [-0.2, 0) is 0 Å². The van der Waals surface area contributed by atoms with Crippen LogP contribution in [0.5, 0.6) is 5.75 Å². The number of H-pyrrole nitrogens is 1. The molecule has 7 nitrogen and oxygen atoms in total. The molecule has 1 aromatic heterocycles. The third-order valence-corrected chi connectivity index (χ3v) is 5.77. The molecule has 0 saturated heterocycles. The van der Waals surface area contributed by atoms with Gasteiger partial charge in [0.1, 0.15) is 11.3 Å². The minimum Gasteiger partial charge on any atom is -0.497 e. The van der Waals surface area contributed by atoms with E-state index >= 15 is 0 Å². The molecule has 4 aromatic rings. The molecule has 0 atom stereocenters. The van der Waals surface area contributed by atoms with Gasteiger partial charge >= 0.3 is 0 Å². The lowest BCUT2D eigenvalue weighted by molar-refractivity contribution is 0.0691. The second kappa shape index (κ2) is 10.9.